The Kier molecular flexibility index (Phi) is 4.83. The maximum absolute atomic E-state index is 13.1. The fourth-order valence-electron chi connectivity index (χ4n) is 3.31. The number of halogens is 1. The highest BCUT2D eigenvalue weighted by molar-refractivity contribution is 6.01. The Bertz CT molecular complexity index is 782. The van der Waals surface area contributed by atoms with Gasteiger partial charge in [-0.2, -0.15) is 0 Å². The fourth-order valence-corrected chi connectivity index (χ4v) is 3.31. The highest BCUT2D eigenvalue weighted by atomic mass is 19.1. The molecular formula is C20H21FN2O2. The summed E-state index contributed by atoms with van der Waals surface area (Å²) in [4.78, 5) is 26.9. The van der Waals surface area contributed by atoms with Gasteiger partial charge in [0.15, 0.2) is 0 Å². The van der Waals surface area contributed by atoms with Crippen LogP contribution in [0, 0.1) is 19.7 Å². The molecular weight excluding hydrogens is 319 g/mol. The Morgan fingerprint density at radius 3 is 2.36 bits per heavy atom. The molecule has 2 aromatic carbocycles. The highest BCUT2D eigenvalue weighted by Gasteiger charge is 2.34. The van der Waals surface area contributed by atoms with Crippen LogP contribution < -0.4 is 5.32 Å². The zero-order chi connectivity index (χ0) is 18.0. The number of nitrogens with one attached hydrogen (secondary N) is 1. The number of aryl methyl sites for hydroxylation is 2. The summed E-state index contributed by atoms with van der Waals surface area (Å²) in [6.45, 7) is 4.48. The van der Waals surface area contributed by atoms with Gasteiger partial charge in [-0.25, -0.2) is 4.39 Å². The molecule has 5 heteroatoms. The molecule has 1 aliphatic rings. The predicted molar refractivity (Wildman–Crippen MR) is 95.0 cm³/mol. The van der Waals surface area contributed by atoms with E-state index in [9.17, 15) is 14.0 Å². The Hall–Kier alpha value is -2.69. The van der Waals surface area contributed by atoms with Crippen molar-refractivity contribution in [3.8, 4) is 0 Å². The van der Waals surface area contributed by atoms with E-state index in [1.165, 1.54) is 24.3 Å². The van der Waals surface area contributed by atoms with Crippen molar-refractivity contribution in [2.45, 2.75) is 32.7 Å². The van der Waals surface area contributed by atoms with E-state index >= 15 is 0 Å². The van der Waals surface area contributed by atoms with Crippen molar-refractivity contribution in [3.05, 3.63) is 65.0 Å². The number of amides is 2. The lowest BCUT2D eigenvalue weighted by molar-refractivity contribution is -0.119. The molecule has 1 aliphatic heterocycles. The Balaban J connectivity index is 1.75. The first-order valence-corrected chi connectivity index (χ1v) is 8.40. The molecule has 0 saturated carbocycles. The first-order chi connectivity index (χ1) is 11.9. The van der Waals surface area contributed by atoms with Crippen LogP contribution in [-0.2, 0) is 4.79 Å². The third-order valence-corrected chi connectivity index (χ3v) is 4.40. The average Bonchev–Trinajstić information content (AvgIpc) is 3.03. The van der Waals surface area contributed by atoms with Gasteiger partial charge in [-0.3, -0.25) is 9.59 Å². The third kappa shape index (κ3) is 3.87. The molecule has 0 aliphatic carbocycles. The van der Waals surface area contributed by atoms with Gasteiger partial charge in [0.2, 0.25) is 5.91 Å². The van der Waals surface area contributed by atoms with E-state index in [1.807, 2.05) is 32.0 Å². The van der Waals surface area contributed by atoms with Crippen molar-refractivity contribution < 1.29 is 14.0 Å². The van der Waals surface area contributed by atoms with Crippen LogP contribution >= 0.6 is 0 Å². The molecule has 1 saturated heterocycles. The van der Waals surface area contributed by atoms with Crippen LogP contribution in [0.4, 0.5) is 10.1 Å². The van der Waals surface area contributed by atoms with Gasteiger partial charge in [0.1, 0.15) is 11.9 Å². The van der Waals surface area contributed by atoms with E-state index in [0.717, 1.165) is 23.2 Å². The van der Waals surface area contributed by atoms with Crippen molar-refractivity contribution in [1.82, 2.24) is 4.90 Å². The monoisotopic (exact) mass is 340 g/mol. The summed E-state index contributed by atoms with van der Waals surface area (Å²) in [6.07, 6.45) is 1.40. The largest absolute Gasteiger partial charge is 0.327 e. The molecule has 4 nitrogen and oxygen atoms in total. The predicted octanol–water partition coefficient (Wildman–Crippen LogP) is 3.69. The van der Waals surface area contributed by atoms with E-state index in [-0.39, 0.29) is 17.6 Å². The second-order valence-corrected chi connectivity index (χ2v) is 6.53. The molecule has 1 N–H and O–H groups in total. The second-order valence-electron chi connectivity index (χ2n) is 6.53. The lowest BCUT2D eigenvalue weighted by Gasteiger charge is -2.24. The van der Waals surface area contributed by atoms with Gasteiger partial charge in [0.25, 0.3) is 5.91 Å². The minimum Gasteiger partial charge on any atom is -0.327 e. The van der Waals surface area contributed by atoms with E-state index in [1.54, 1.807) is 4.90 Å². The van der Waals surface area contributed by atoms with Crippen molar-refractivity contribution >= 4 is 17.5 Å². The standard InChI is InChI=1S/C20H21FN2O2/c1-13-10-14(2)12-17(11-13)22-19(24)18-4-3-9-23(18)20(25)15-5-7-16(21)8-6-15/h5-8,10-12,18H,3-4,9H2,1-2H3,(H,22,24)/t18-/m1/s1. The van der Waals surface area contributed by atoms with Crippen molar-refractivity contribution in [2.75, 3.05) is 11.9 Å². The number of anilines is 1. The second kappa shape index (κ2) is 7.05. The number of carbonyl (C=O) groups is 2. The van der Waals surface area contributed by atoms with Gasteiger partial charge in [-0.15, -0.1) is 0 Å². The van der Waals surface area contributed by atoms with E-state index in [4.69, 9.17) is 0 Å². The smallest absolute Gasteiger partial charge is 0.254 e. The molecule has 3 rings (SSSR count). The average molecular weight is 340 g/mol. The van der Waals surface area contributed by atoms with Crippen LogP contribution in [0.2, 0.25) is 0 Å². The topological polar surface area (TPSA) is 49.4 Å². The molecule has 0 unspecified atom stereocenters. The number of rotatable bonds is 3. The van der Waals surface area contributed by atoms with E-state index in [0.29, 0.717) is 18.5 Å². The highest BCUT2D eigenvalue weighted by Crippen LogP contribution is 2.22. The van der Waals surface area contributed by atoms with Crippen LogP contribution in [0.15, 0.2) is 42.5 Å². The quantitative estimate of drug-likeness (QED) is 0.926. The zero-order valence-corrected chi connectivity index (χ0v) is 14.4. The lowest BCUT2D eigenvalue weighted by atomic mass is 10.1. The van der Waals surface area contributed by atoms with Gasteiger partial charge in [0, 0.05) is 17.8 Å². The van der Waals surface area contributed by atoms with Gasteiger partial charge in [-0.1, -0.05) is 6.07 Å². The SMILES string of the molecule is Cc1cc(C)cc(NC(=O)[C@H]2CCCN2C(=O)c2ccc(F)cc2)c1. The van der Waals surface area contributed by atoms with E-state index in [2.05, 4.69) is 5.32 Å². The summed E-state index contributed by atoms with van der Waals surface area (Å²) in [5.41, 5.74) is 3.28. The molecule has 25 heavy (non-hydrogen) atoms. The van der Waals surface area contributed by atoms with Gasteiger partial charge >= 0.3 is 0 Å². The number of carbonyl (C=O) groups excluding carboxylic acids is 2. The van der Waals surface area contributed by atoms with Gasteiger partial charge < -0.3 is 10.2 Å². The maximum Gasteiger partial charge on any atom is 0.254 e. The summed E-state index contributed by atoms with van der Waals surface area (Å²) in [5.74, 6) is -0.807. The first-order valence-electron chi connectivity index (χ1n) is 8.40. The molecule has 0 spiro atoms. The molecule has 1 atom stereocenters. The molecule has 0 bridgehead atoms. The number of benzene rings is 2. The number of likely N-dealkylation sites (tertiary alicyclic amines) is 1. The number of hydrogen-bond acceptors (Lipinski definition) is 2. The molecule has 0 aromatic heterocycles. The van der Waals surface area contributed by atoms with Crippen LogP contribution in [0.25, 0.3) is 0 Å². The Morgan fingerprint density at radius 1 is 1.08 bits per heavy atom. The van der Waals surface area contributed by atoms with Crippen molar-refractivity contribution in [3.63, 3.8) is 0 Å². The molecule has 2 amide bonds. The van der Waals surface area contributed by atoms with Crippen molar-refractivity contribution in [2.24, 2.45) is 0 Å². The molecule has 2 aromatic rings. The first kappa shape index (κ1) is 17.1. The van der Waals surface area contributed by atoms with Crippen LogP contribution in [-0.4, -0.2) is 29.3 Å². The molecule has 1 heterocycles. The minimum atomic E-state index is -0.502. The van der Waals surface area contributed by atoms with Crippen LogP contribution in [0.3, 0.4) is 0 Å². The normalized spacial score (nSPS) is 16.8. The molecule has 0 radical (unpaired) electrons. The maximum atomic E-state index is 13.1. The lowest BCUT2D eigenvalue weighted by Crippen LogP contribution is -2.43. The third-order valence-electron chi connectivity index (χ3n) is 4.40. The summed E-state index contributed by atoms with van der Waals surface area (Å²) in [5, 5.41) is 2.92. The number of hydrogen-bond donors (Lipinski definition) is 1. The van der Waals surface area contributed by atoms with Gasteiger partial charge in [0.05, 0.1) is 0 Å². The summed E-state index contributed by atoms with van der Waals surface area (Å²) in [7, 11) is 0. The fraction of sp³-hybridized carbons (Fsp3) is 0.300. The number of nitrogens with zero attached hydrogens (tertiary/aromatic N) is 1. The van der Waals surface area contributed by atoms with E-state index < -0.39 is 6.04 Å². The van der Waals surface area contributed by atoms with Crippen molar-refractivity contribution in [1.29, 1.82) is 0 Å². The van der Waals surface area contributed by atoms with Gasteiger partial charge in [-0.05, 0) is 74.2 Å². The summed E-state index contributed by atoms with van der Waals surface area (Å²) in [6, 6.07) is 10.8. The Labute approximate surface area is 146 Å². The molecule has 1 fully saturated rings. The molecule has 130 valence electrons. The Morgan fingerprint density at radius 2 is 1.72 bits per heavy atom. The van der Waals surface area contributed by atoms with Crippen LogP contribution in [0.1, 0.15) is 34.3 Å². The summed E-state index contributed by atoms with van der Waals surface area (Å²) >= 11 is 0. The van der Waals surface area contributed by atoms with Crippen LogP contribution in [0.5, 0.6) is 0 Å². The summed E-state index contributed by atoms with van der Waals surface area (Å²) < 4.78 is 13.1. The minimum absolute atomic E-state index is 0.182. The zero-order valence-electron chi connectivity index (χ0n) is 14.4.